The van der Waals surface area contributed by atoms with Gasteiger partial charge in [-0.3, -0.25) is 0 Å². The summed E-state index contributed by atoms with van der Waals surface area (Å²) in [5.74, 6) is 2.28. The molecule has 18 heavy (non-hydrogen) atoms. The maximum absolute atomic E-state index is 5.33. The number of nitrogens with zero attached hydrogens (tertiary/aromatic N) is 2. The first-order valence-corrected chi connectivity index (χ1v) is 7.38. The van der Waals surface area contributed by atoms with Crippen molar-refractivity contribution in [2.45, 2.75) is 24.8 Å². The van der Waals surface area contributed by atoms with E-state index in [0.29, 0.717) is 5.89 Å². The fourth-order valence-corrected chi connectivity index (χ4v) is 2.60. The maximum Gasteiger partial charge on any atom is 0.244 e. The van der Waals surface area contributed by atoms with Crippen LogP contribution in [0.5, 0.6) is 0 Å². The summed E-state index contributed by atoms with van der Waals surface area (Å²) in [7, 11) is 0. The van der Waals surface area contributed by atoms with Gasteiger partial charge in [0.25, 0.3) is 0 Å². The van der Waals surface area contributed by atoms with E-state index in [2.05, 4.69) is 39.7 Å². The van der Waals surface area contributed by atoms with Crippen LogP contribution in [-0.4, -0.2) is 16.4 Å². The van der Waals surface area contributed by atoms with Gasteiger partial charge in [0.05, 0.1) is 11.8 Å². The molecule has 2 aromatic rings. The number of rotatable bonds is 3. The Kier molecular flexibility index (Phi) is 3.34. The highest BCUT2D eigenvalue weighted by atomic mass is 32.2. The van der Waals surface area contributed by atoms with Crippen LogP contribution in [0.3, 0.4) is 0 Å². The van der Waals surface area contributed by atoms with Crippen molar-refractivity contribution >= 4 is 11.8 Å². The van der Waals surface area contributed by atoms with Gasteiger partial charge in [-0.25, -0.2) is 0 Å². The molecule has 0 saturated heterocycles. The van der Waals surface area contributed by atoms with Crippen molar-refractivity contribution in [3.63, 3.8) is 0 Å². The molecule has 0 radical (unpaired) electrons. The second-order valence-electron chi connectivity index (χ2n) is 4.39. The van der Waals surface area contributed by atoms with Crippen molar-refractivity contribution in [1.29, 1.82) is 0 Å². The van der Waals surface area contributed by atoms with Crippen molar-refractivity contribution < 1.29 is 4.52 Å². The van der Waals surface area contributed by atoms with Crippen molar-refractivity contribution in [1.82, 2.24) is 15.5 Å². The quantitative estimate of drug-likeness (QED) is 0.919. The summed E-state index contributed by atoms with van der Waals surface area (Å²) >= 11 is 1.70. The monoisotopic (exact) mass is 261 g/mol. The van der Waals surface area contributed by atoms with Crippen LogP contribution in [0, 0.1) is 0 Å². The standard InChI is InChI=1S/C13H15N3OS/c1-18-8-12-15-13(17-16-12)11-6-9-4-2-3-5-10(9)7-14-11/h2-5,11,14H,6-8H2,1H3. The fourth-order valence-electron chi connectivity index (χ4n) is 2.23. The summed E-state index contributed by atoms with van der Waals surface area (Å²) in [4.78, 5) is 4.44. The minimum atomic E-state index is 0.142. The van der Waals surface area contributed by atoms with Crippen LogP contribution in [0.4, 0.5) is 0 Å². The number of hydrogen-bond donors (Lipinski definition) is 1. The Bertz CT molecular complexity index is 541. The highest BCUT2D eigenvalue weighted by Crippen LogP contribution is 2.24. The molecule has 0 spiro atoms. The van der Waals surface area contributed by atoms with E-state index in [0.717, 1.165) is 24.5 Å². The van der Waals surface area contributed by atoms with E-state index in [4.69, 9.17) is 4.52 Å². The molecule has 1 unspecified atom stereocenters. The lowest BCUT2D eigenvalue weighted by molar-refractivity contribution is 0.319. The van der Waals surface area contributed by atoms with Gasteiger partial charge in [0.15, 0.2) is 5.82 Å². The average molecular weight is 261 g/mol. The molecule has 1 aromatic heterocycles. The summed E-state index contributed by atoms with van der Waals surface area (Å²) in [6.45, 7) is 0.862. The van der Waals surface area contributed by atoms with Gasteiger partial charge in [-0.15, -0.1) is 0 Å². The van der Waals surface area contributed by atoms with Crippen LogP contribution in [0.15, 0.2) is 28.8 Å². The molecule has 5 heteroatoms. The van der Waals surface area contributed by atoms with E-state index in [1.165, 1.54) is 11.1 Å². The lowest BCUT2D eigenvalue weighted by Crippen LogP contribution is -2.28. The van der Waals surface area contributed by atoms with Gasteiger partial charge in [0.2, 0.25) is 5.89 Å². The van der Waals surface area contributed by atoms with Gasteiger partial charge in [0, 0.05) is 6.54 Å². The molecule has 4 nitrogen and oxygen atoms in total. The SMILES string of the molecule is CSCc1noc(C2Cc3ccccc3CN2)n1. The first-order valence-electron chi connectivity index (χ1n) is 5.98. The third kappa shape index (κ3) is 2.28. The second kappa shape index (κ2) is 5.12. The normalized spacial score (nSPS) is 18.6. The van der Waals surface area contributed by atoms with Gasteiger partial charge in [-0.05, 0) is 23.8 Å². The molecular formula is C13H15N3OS. The molecule has 0 fully saturated rings. The molecule has 1 aliphatic rings. The predicted molar refractivity (Wildman–Crippen MR) is 71.2 cm³/mol. The minimum Gasteiger partial charge on any atom is -0.338 e. The summed E-state index contributed by atoms with van der Waals surface area (Å²) in [6, 6.07) is 8.62. The Morgan fingerprint density at radius 3 is 3.06 bits per heavy atom. The van der Waals surface area contributed by atoms with E-state index >= 15 is 0 Å². The van der Waals surface area contributed by atoms with E-state index in [9.17, 15) is 0 Å². The lowest BCUT2D eigenvalue weighted by atomic mass is 9.96. The first kappa shape index (κ1) is 11.7. The molecule has 3 rings (SSSR count). The zero-order chi connectivity index (χ0) is 12.4. The molecule has 2 heterocycles. The molecule has 1 N–H and O–H groups in total. The summed E-state index contributed by atoms with van der Waals surface area (Å²) in [5, 5.41) is 7.43. The Morgan fingerprint density at radius 1 is 1.39 bits per heavy atom. The van der Waals surface area contributed by atoms with E-state index in [-0.39, 0.29) is 6.04 Å². The predicted octanol–water partition coefficient (Wildman–Crippen LogP) is 2.32. The third-order valence-electron chi connectivity index (χ3n) is 3.14. The van der Waals surface area contributed by atoms with Crippen LogP contribution in [0.25, 0.3) is 0 Å². The maximum atomic E-state index is 5.33. The van der Waals surface area contributed by atoms with Gasteiger partial charge in [0.1, 0.15) is 0 Å². The second-order valence-corrected chi connectivity index (χ2v) is 5.25. The lowest BCUT2D eigenvalue weighted by Gasteiger charge is -2.23. The topological polar surface area (TPSA) is 51.0 Å². The van der Waals surface area contributed by atoms with Crippen molar-refractivity contribution in [2.75, 3.05) is 6.26 Å². The molecule has 0 bridgehead atoms. The molecule has 94 valence electrons. The van der Waals surface area contributed by atoms with Gasteiger partial charge in [-0.1, -0.05) is 29.4 Å². The van der Waals surface area contributed by atoms with Crippen molar-refractivity contribution in [3.8, 4) is 0 Å². The fraction of sp³-hybridized carbons (Fsp3) is 0.385. The molecule has 0 saturated carbocycles. The highest BCUT2D eigenvalue weighted by Gasteiger charge is 2.23. The molecule has 1 atom stereocenters. The van der Waals surface area contributed by atoms with Crippen LogP contribution < -0.4 is 5.32 Å². The van der Waals surface area contributed by atoms with Gasteiger partial charge < -0.3 is 9.84 Å². The molecular weight excluding hydrogens is 246 g/mol. The number of hydrogen-bond acceptors (Lipinski definition) is 5. The van der Waals surface area contributed by atoms with Gasteiger partial charge in [-0.2, -0.15) is 16.7 Å². The summed E-state index contributed by atoms with van der Waals surface area (Å²) in [5.41, 5.74) is 2.73. The number of nitrogens with one attached hydrogen (secondary N) is 1. The van der Waals surface area contributed by atoms with E-state index in [1.807, 2.05) is 6.26 Å². The van der Waals surface area contributed by atoms with E-state index < -0.39 is 0 Å². The Morgan fingerprint density at radius 2 is 2.22 bits per heavy atom. The number of aromatic nitrogens is 2. The van der Waals surface area contributed by atoms with Crippen molar-refractivity contribution in [2.24, 2.45) is 0 Å². The van der Waals surface area contributed by atoms with Gasteiger partial charge >= 0.3 is 0 Å². The van der Waals surface area contributed by atoms with Crippen LogP contribution >= 0.6 is 11.8 Å². The van der Waals surface area contributed by atoms with Crippen LogP contribution in [0.1, 0.15) is 28.9 Å². The third-order valence-corrected chi connectivity index (χ3v) is 3.68. The molecule has 0 amide bonds. The Hall–Kier alpha value is -1.33. The van der Waals surface area contributed by atoms with E-state index in [1.54, 1.807) is 11.8 Å². The first-order chi connectivity index (χ1) is 8.86. The average Bonchev–Trinajstić information content (AvgIpc) is 2.87. The molecule has 1 aliphatic heterocycles. The van der Waals surface area contributed by atoms with Crippen molar-refractivity contribution in [3.05, 3.63) is 47.1 Å². The number of thioether (sulfide) groups is 1. The summed E-state index contributed by atoms with van der Waals surface area (Å²) < 4.78 is 5.33. The highest BCUT2D eigenvalue weighted by molar-refractivity contribution is 7.97. The zero-order valence-corrected chi connectivity index (χ0v) is 11.0. The molecule has 1 aromatic carbocycles. The molecule has 0 aliphatic carbocycles. The Balaban J connectivity index is 1.78. The largest absolute Gasteiger partial charge is 0.338 e. The van der Waals surface area contributed by atoms with Crippen LogP contribution in [-0.2, 0) is 18.7 Å². The number of fused-ring (bicyclic) bond motifs is 1. The number of benzene rings is 1. The smallest absolute Gasteiger partial charge is 0.244 e. The zero-order valence-electron chi connectivity index (χ0n) is 10.2. The minimum absolute atomic E-state index is 0.142. The summed E-state index contributed by atoms with van der Waals surface area (Å²) in [6.07, 6.45) is 2.95. The Labute approximate surface area is 110 Å². The van der Waals surface area contributed by atoms with Crippen LogP contribution in [0.2, 0.25) is 0 Å².